The maximum atomic E-state index is 11.5. The predicted octanol–water partition coefficient (Wildman–Crippen LogP) is 1.73. The smallest absolute Gasteiger partial charge is 0.251 e. The molecule has 0 aromatic carbocycles. The largest absolute Gasteiger partial charge is 0.369 e. The monoisotopic (exact) mass is 312 g/mol. The lowest BCUT2D eigenvalue weighted by Gasteiger charge is -2.10. The van der Waals surface area contributed by atoms with Gasteiger partial charge in [-0.15, -0.1) is 0 Å². The van der Waals surface area contributed by atoms with E-state index in [9.17, 15) is 4.79 Å². The molecule has 0 aliphatic carbocycles. The van der Waals surface area contributed by atoms with Crippen LogP contribution in [0, 0.1) is 6.92 Å². The highest BCUT2D eigenvalue weighted by Crippen LogP contribution is 2.13. The Labute approximate surface area is 133 Å². The third-order valence-corrected chi connectivity index (χ3v) is 3.51. The molecule has 0 aliphatic heterocycles. The second-order valence-corrected chi connectivity index (χ2v) is 5.49. The van der Waals surface area contributed by atoms with Gasteiger partial charge >= 0.3 is 0 Å². The number of aryl methyl sites for hydroxylation is 2. The van der Waals surface area contributed by atoms with Crippen LogP contribution >= 0.6 is 0 Å². The number of rotatable bonds is 6. The van der Waals surface area contributed by atoms with E-state index in [2.05, 4.69) is 32.3 Å². The second kappa shape index (κ2) is 6.60. The van der Waals surface area contributed by atoms with Crippen LogP contribution in [0.4, 0.5) is 5.82 Å². The van der Waals surface area contributed by atoms with Gasteiger partial charge in [-0.3, -0.25) is 4.79 Å². The molecule has 0 amide bonds. The number of hydrogen-bond acceptors (Lipinski definition) is 5. The predicted molar refractivity (Wildman–Crippen MR) is 88.8 cm³/mol. The van der Waals surface area contributed by atoms with Crippen molar-refractivity contribution in [2.24, 2.45) is 0 Å². The Hall–Kier alpha value is -2.70. The fourth-order valence-corrected chi connectivity index (χ4v) is 2.54. The summed E-state index contributed by atoms with van der Waals surface area (Å²) in [5, 5.41) is 7.65. The van der Waals surface area contributed by atoms with E-state index in [4.69, 9.17) is 0 Å². The quantitative estimate of drug-likeness (QED) is 0.723. The fourth-order valence-electron chi connectivity index (χ4n) is 2.54. The zero-order valence-corrected chi connectivity index (χ0v) is 13.3. The molecule has 0 atom stereocenters. The van der Waals surface area contributed by atoms with Gasteiger partial charge in [-0.25, -0.2) is 9.97 Å². The molecule has 7 heteroatoms. The van der Waals surface area contributed by atoms with Crippen molar-refractivity contribution >= 4 is 11.5 Å². The van der Waals surface area contributed by atoms with Crippen molar-refractivity contribution in [1.82, 2.24) is 24.6 Å². The number of aromatic nitrogens is 5. The first kappa shape index (κ1) is 15.2. The molecule has 0 spiro atoms. The highest BCUT2D eigenvalue weighted by molar-refractivity contribution is 5.49. The first-order valence-corrected chi connectivity index (χ1v) is 7.80. The summed E-state index contributed by atoms with van der Waals surface area (Å²) in [6, 6.07) is 5.41. The van der Waals surface area contributed by atoms with E-state index < -0.39 is 0 Å². The third kappa shape index (κ3) is 3.56. The molecule has 0 saturated heterocycles. The van der Waals surface area contributed by atoms with Crippen LogP contribution in [0.15, 0.2) is 29.2 Å². The molecular weight excluding hydrogens is 292 g/mol. The van der Waals surface area contributed by atoms with E-state index >= 15 is 0 Å². The van der Waals surface area contributed by atoms with Crippen LogP contribution in [0.25, 0.3) is 5.65 Å². The second-order valence-electron chi connectivity index (χ2n) is 5.49. The van der Waals surface area contributed by atoms with Crippen LogP contribution in [0.1, 0.15) is 30.6 Å². The minimum Gasteiger partial charge on any atom is -0.369 e. The molecule has 7 nitrogen and oxygen atoms in total. The van der Waals surface area contributed by atoms with Gasteiger partial charge in [0.2, 0.25) is 0 Å². The molecular formula is C16H20N6O. The van der Waals surface area contributed by atoms with Crippen LogP contribution in [0.3, 0.4) is 0 Å². The molecule has 3 aromatic rings. The van der Waals surface area contributed by atoms with E-state index in [1.165, 1.54) is 6.07 Å². The van der Waals surface area contributed by atoms with Gasteiger partial charge in [-0.1, -0.05) is 13.3 Å². The third-order valence-electron chi connectivity index (χ3n) is 3.51. The molecule has 3 heterocycles. The van der Waals surface area contributed by atoms with Gasteiger partial charge < -0.3 is 10.3 Å². The summed E-state index contributed by atoms with van der Waals surface area (Å²) < 4.78 is 1.78. The number of H-pyrrole nitrogens is 1. The van der Waals surface area contributed by atoms with Crippen LogP contribution < -0.4 is 10.9 Å². The number of fused-ring (bicyclic) bond motifs is 1. The summed E-state index contributed by atoms with van der Waals surface area (Å²) in [6.45, 7) is 4.60. The van der Waals surface area contributed by atoms with Gasteiger partial charge in [0.05, 0.1) is 6.20 Å². The van der Waals surface area contributed by atoms with Crippen molar-refractivity contribution in [3.8, 4) is 0 Å². The Morgan fingerprint density at radius 1 is 1.26 bits per heavy atom. The Bertz CT molecular complexity index is 866. The first-order valence-electron chi connectivity index (χ1n) is 7.80. The van der Waals surface area contributed by atoms with Crippen molar-refractivity contribution < 1.29 is 0 Å². The number of nitrogens with zero attached hydrogens (tertiary/aromatic N) is 4. The molecule has 0 bridgehead atoms. The Kier molecular flexibility index (Phi) is 4.36. The zero-order chi connectivity index (χ0) is 16.2. The number of aromatic amines is 1. The first-order chi connectivity index (χ1) is 11.2. The number of anilines is 1. The zero-order valence-electron chi connectivity index (χ0n) is 13.3. The molecule has 0 fully saturated rings. The number of hydrogen-bond donors (Lipinski definition) is 2. The lowest BCUT2D eigenvalue weighted by molar-refractivity contribution is 0.836. The van der Waals surface area contributed by atoms with E-state index in [1.807, 2.05) is 19.1 Å². The van der Waals surface area contributed by atoms with Crippen LogP contribution in [0.5, 0.6) is 0 Å². The van der Waals surface area contributed by atoms with Crippen molar-refractivity contribution in [1.29, 1.82) is 0 Å². The van der Waals surface area contributed by atoms with Gasteiger partial charge in [0.25, 0.3) is 5.56 Å². The lowest BCUT2D eigenvalue weighted by atomic mass is 10.2. The van der Waals surface area contributed by atoms with Gasteiger partial charge in [0, 0.05) is 42.6 Å². The number of nitrogens with one attached hydrogen (secondary N) is 2. The van der Waals surface area contributed by atoms with E-state index in [1.54, 1.807) is 10.7 Å². The molecule has 0 radical (unpaired) electrons. The lowest BCUT2D eigenvalue weighted by Crippen LogP contribution is -2.16. The van der Waals surface area contributed by atoms with Crippen LogP contribution in [-0.2, 0) is 12.8 Å². The van der Waals surface area contributed by atoms with Gasteiger partial charge in [0.15, 0.2) is 5.65 Å². The maximum Gasteiger partial charge on any atom is 0.251 e. The fraction of sp³-hybridized carbons (Fsp3) is 0.375. The molecule has 120 valence electrons. The minimum atomic E-state index is -0.115. The summed E-state index contributed by atoms with van der Waals surface area (Å²) in [4.78, 5) is 23.1. The summed E-state index contributed by atoms with van der Waals surface area (Å²) in [6.07, 6.45) is 4.35. The topological polar surface area (TPSA) is 88.0 Å². The average Bonchev–Trinajstić information content (AvgIpc) is 2.95. The van der Waals surface area contributed by atoms with Gasteiger partial charge in [-0.2, -0.15) is 9.61 Å². The summed E-state index contributed by atoms with van der Waals surface area (Å²) in [5.74, 6) is 1.58. The van der Waals surface area contributed by atoms with Crippen molar-refractivity contribution in [3.05, 3.63) is 52.0 Å². The van der Waals surface area contributed by atoms with E-state index in [0.717, 1.165) is 35.7 Å². The van der Waals surface area contributed by atoms with Gasteiger partial charge in [-0.05, 0) is 13.3 Å². The molecule has 3 rings (SSSR count). The SMILES string of the molecule is CCCc1cc(NCCc2nc(C)cc(=O)[nH]2)n2nccc2n1. The minimum absolute atomic E-state index is 0.115. The standard InChI is InChI=1S/C16H20N6O/c1-3-4-12-10-15(22-14(20-12)6-8-18-22)17-7-5-13-19-11(2)9-16(23)21-13/h6,8-10,17H,3-5,7H2,1-2H3,(H,19,21,23). The van der Waals surface area contributed by atoms with Gasteiger partial charge in [0.1, 0.15) is 11.6 Å². The molecule has 23 heavy (non-hydrogen) atoms. The van der Waals surface area contributed by atoms with Crippen molar-refractivity contribution in [2.45, 2.75) is 33.1 Å². The Morgan fingerprint density at radius 3 is 2.91 bits per heavy atom. The van der Waals surface area contributed by atoms with E-state index in [0.29, 0.717) is 18.8 Å². The summed E-state index contributed by atoms with van der Waals surface area (Å²) in [5.41, 5.74) is 2.49. The summed E-state index contributed by atoms with van der Waals surface area (Å²) >= 11 is 0. The molecule has 0 saturated carbocycles. The van der Waals surface area contributed by atoms with Crippen molar-refractivity contribution in [2.75, 3.05) is 11.9 Å². The Morgan fingerprint density at radius 2 is 2.13 bits per heavy atom. The molecule has 0 unspecified atom stereocenters. The highest BCUT2D eigenvalue weighted by atomic mass is 16.1. The molecule has 2 N–H and O–H groups in total. The molecule has 3 aromatic heterocycles. The maximum absolute atomic E-state index is 11.5. The normalized spacial score (nSPS) is 11.0. The Balaban J connectivity index is 1.75. The molecule has 0 aliphatic rings. The van der Waals surface area contributed by atoms with E-state index in [-0.39, 0.29) is 5.56 Å². The van der Waals surface area contributed by atoms with Crippen LogP contribution in [-0.4, -0.2) is 31.1 Å². The highest BCUT2D eigenvalue weighted by Gasteiger charge is 2.06. The summed E-state index contributed by atoms with van der Waals surface area (Å²) in [7, 11) is 0. The van der Waals surface area contributed by atoms with Crippen molar-refractivity contribution in [3.63, 3.8) is 0 Å². The average molecular weight is 312 g/mol. The van der Waals surface area contributed by atoms with Crippen LogP contribution in [0.2, 0.25) is 0 Å².